The molecule has 0 bridgehead atoms. The molecule has 0 aromatic carbocycles. The first-order valence-corrected chi connectivity index (χ1v) is 6.58. The van der Waals surface area contributed by atoms with E-state index in [4.69, 9.17) is 14.2 Å². The predicted molar refractivity (Wildman–Crippen MR) is 72.2 cm³/mol. The fourth-order valence-electron chi connectivity index (χ4n) is 1.37. The average Bonchev–Trinajstić information content (AvgIpc) is 2.45. The molecule has 1 rings (SSSR count). The van der Waals surface area contributed by atoms with Crippen LogP contribution in [-0.2, 0) is 16.0 Å². The minimum atomic E-state index is 0.480. The molecule has 0 aliphatic rings. The molecule has 0 aliphatic carbocycles. The Balaban J connectivity index is 2.09. The third-order valence-electron chi connectivity index (χ3n) is 2.35. The van der Waals surface area contributed by atoms with Crippen LogP contribution in [0.5, 0.6) is 5.88 Å². The Hall–Kier alpha value is -1.24. The second-order valence-electron chi connectivity index (χ2n) is 3.93. The maximum atomic E-state index is 5.42. The van der Waals surface area contributed by atoms with Crippen LogP contribution in [0.1, 0.15) is 19.0 Å². The molecule has 0 saturated heterocycles. The summed E-state index contributed by atoms with van der Waals surface area (Å²) in [6, 6.07) is 0. The van der Waals surface area contributed by atoms with Crippen molar-refractivity contribution in [1.29, 1.82) is 0 Å². The second-order valence-corrected chi connectivity index (χ2v) is 3.93. The van der Waals surface area contributed by atoms with Gasteiger partial charge in [-0.05, 0) is 13.0 Å². The van der Waals surface area contributed by atoms with E-state index in [2.05, 4.69) is 22.2 Å². The van der Waals surface area contributed by atoms with Gasteiger partial charge in [-0.2, -0.15) is 0 Å². The van der Waals surface area contributed by atoms with E-state index < -0.39 is 0 Å². The SMILES string of the molecule is CCNCc1cnc(OCCOCCCOC)cn1. The molecule has 1 N–H and O–H groups in total. The van der Waals surface area contributed by atoms with E-state index in [1.807, 2.05) is 0 Å². The lowest BCUT2D eigenvalue weighted by atomic mass is 10.4. The van der Waals surface area contributed by atoms with Crippen molar-refractivity contribution in [3.05, 3.63) is 18.1 Å². The van der Waals surface area contributed by atoms with Crippen molar-refractivity contribution in [2.75, 3.05) is 40.1 Å². The lowest BCUT2D eigenvalue weighted by Crippen LogP contribution is -2.13. The molecule has 19 heavy (non-hydrogen) atoms. The van der Waals surface area contributed by atoms with Gasteiger partial charge in [0.15, 0.2) is 0 Å². The molecule has 0 atom stereocenters. The predicted octanol–water partition coefficient (Wildman–Crippen LogP) is 1.02. The molecular formula is C13H23N3O3. The molecule has 0 fully saturated rings. The van der Waals surface area contributed by atoms with Crippen molar-refractivity contribution in [2.24, 2.45) is 0 Å². The monoisotopic (exact) mass is 269 g/mol. The zero-order valence-corrected chi connectivity index (χ0v) is 11.7. The van der Waals surface area contributed by atoms with E-state index in [1.54, 1.807) is 19.5 Å². The van der Waals surface area contributed by atoms with Gasteiger partial charge in [0, 0.05) is 26.9 Å². The maximum absolute atomic E-state index is 5.42. The van der Waals surface area contributed by atoms with Crippen molar-refractivity contribution in [1.82, 2.24) is 15.3 Å². The van der Waals surface area contributed by atoms with Crippen LogP contribution in [-0.4, -0.2) is 50.1 Å². The zero-order chi connectivity index (χ0) is 13.8. The highest BCUT2D eigenvalue weighted by molar-refractivity contribution is 5.06. The minimum Gasteiger partial charge on any atom is -0.474 e. The summed E-state index contributed by atoms with van der Waals surface area (Å²) >= 11 is 0. The number of aromatic nitrogens is 2. The summed E-state index contributed by atoms with van der Waals surface area (Å²) in [5.74, 6) is 0.528. The van der Waals surface area contributed by atoms with Crippen molar-refractivity contribution in [3.8, 4) is 5.88 Å². The largest absolute Gasteiger partial charge is 0.474 e. The number of hydrogen-bond donors (Lipinski definition) is 1. The normalized spacial score (nSPS) is 10.6. The summed E-state index contributed by atoms with van der Waals surface area (Å²) in [6.07, 6.45) is 4.25. The molecule has 0 aliphatic heterocycles. The van der Waals surface area contributed by atoms with Crippen LogP contribution in [0.3, 0.4) is 0 Å². The quantitative estimate of drug-likeness (QED) is 0.605. The minimum absolute atomic E-state index is 0.480. The molecule has 0 spiro atoms. The van der Waals surface area contributed by atoms with Gasteiger partial charge in [0.1, 0.15) is 6.61 Å². The molecule has 1 heterocycles. The van der Waals surface area contributed by atoms with Crippen LogP contribution >= 0.6 is 0 Å². The average molecular weight is 269 g/mol. The summed E-state index contributed by atoms with van der Waals surface area (Å²) < 4.78 is 15.7. The Morgan fingerprint density at radius 1 is 1.11 bits per heavy atom. The van der Waals surface area contributed by atoms with Crippen LogP contribution in [0.2, 0.25) is 0 Å². The molecule has 0 unspecified atom stereocenters. The third kappa shape index (κ3) is 7.71. The molecule has 0 radical (unpaired) electrons. The molecule has 108 valence electrons. The van der Waals surface area contributed by atoms with Crippen LogP contribution in [0.25, 0.3) is 0 Å². The Kier molecular flexibility index (Phi) is 8.87. The molecule has 1 aromatic heterocycles. The van der Waals surface area contributed by atoms with Gasteiger partial charge in [-0.1, -0.05) is 6.92 Å². The summed E-state index contributed by atoms with van der Waals surface area (Å²) in [5.41, 5.74) is 0.907. The number of rotatable bonds is 11. The summed E-state index contributed by atoms with van der Waals surface area (Å²) in [5, 5.41) is 3.19. The van der Waals surface area contributed by atoms with Crippen LogP contribution in [0.15, 0.2) is 12.4 Å². The van der Waals surface area contributed by atoms with E-state index in [0.29, 0.717) is 25.7 Å². The number of ether oxygens (including phenoxy) is 3. The molecule has 6 nitrogen and oxygen atoms in total. The van der Waals surface area contributed by atoms with E-state index in [-0.39, 0.29) is 0 Å². The van der Waals surface area contributed by atoms with E-state index in [9.17, 15) is 0 Å². The fraction of sp³-hybridized carbons (Fsp3) is 0.692. The van der Waals surface area contributed by atoms with Gasteiger partial charge in [0.05, 0.1) is 24.7 Å². The maximum Gasteiger partial charge on any atom is 0.232 e. The Bertz CT molecular complexity index is 319. The van der Waals surface area contributed by atoms with Gasteiger partial charge in [-0.15, -0.1) is 0 Å². The first-order valence-electron chi connectivity index (χ1n) is 6.58. The smallest absolute Gasteiger partial charge is 0.232 e. The van der Waals surface area contributed by atoms with Gasteiger partial charge in [-0.25, -0.2) is 4.98 Å². The molecule has 0 amide bonds. The number of hydrogen-bond acceptors (Lipinski definition) is 6. The summed E-state index contributed by atoms with van der Waals surface area (Å²) in [4.78, 5) is 8.43. The number of methoxy groups -OCH3 is 1. The Morgan fingerprint density at radius 3 is 2.68 bits per heavy atom. The van der Waals surface area contributed by atoms with Crippen molar-refractivity contribution >= 4 is 0 Å². The van der Waals surface area contributed by atoms with Crippen LogP contribution in [0.4, 0.5) is 0 Å². The van der Waals surface area contributed by atoms with Gasteiger partial charge >= 0.3 is 0 Å². The van der Waals surface area contributed by atoms with Crippen molar-refractivity contribution in [2.45, 2.75) is 19.9 Å². The third-order valence-corrected chi connectivity index (χ3v) is 2.35. The van der Waals surface area contributed by atoms with Gasteiger partial charge in [-0.3, -0.25) is 4.98 Å². The highest BCUT2D eigenvalue weighted by Crippen LogP contribution is 2.03. The molecule has 1 aromatic rings. The van der Waals surface area contributed by atoms with Gasteiger partial charge in [0.2, 0.25) is 5.88 Å². The molecule has 0 saturated carbocycles. The van der Waals surface area contributed by atoms with Gasteiger partial charge in [0.25, 0.3) is 0 Å². The lowest BCUT2D eigenvalue weighted by Gasteiger charge is -2.06. The second kappa shape index (κ2) is 10.7. The first kappa shape index (κ1) is 15.8. The topological polar surface area (TPSA) is 65.5 Å². The number of nitrogens with zero attached hydrogens (tertiary/aromatic N) is 2. The van der Waals surface area contributed by atoms with E-state index >= 15 is 0 Å². The Morgan fingerprint density at radius 2 is 2.00 bits per heavy atom. The van der Waals surface area contributed by atoms with Crippen LogP contribution in [0, 0.1) is 0 Å². The standard InChI is InChI=1S/C13H23N3O3/c1-3-14-9-12-10-16-13(11-15-12)19-8-7-18-6-4-5-17-2/h10-11,14H,3-9H2,1-2H3. The summed E-state index contributed by atoms with van der Waals surface area (Å²) in [6.45, 7) is 6.13. The fourth-order valence-corrected chi connectivity index (χ4v) is 1.37. The van der Waals surface area contributed by atoms with Crippen molar-refractivity contribution < 1.29 is 14.2 Å². The highest BCUT2D eigenvalue weighted by Gasteiger charge is 1.98. The van der Waals surface area contributed by atoms with Crippen LogP contribution < -0.4 is 10.1 Å². The molecule has 6 heteroatoms. The van der Waals surface area contributed by atoms with Crippen molar-refractivity contribution in [3.63, 3.8) is 0 Å². The van der Waals surface area contributed by atoms with Gasteiger partial charge < -0.3 is 19.5 Å². The Labute approximate surface area is 114 Å². The van der Waals surface area contributed by atoms with E-state index in [1.165, 1.54) is 0 Å². The van der Waals surface area contributed by atoms with E-state index in [0.717, 1.165) is 31.8 Å². The number of nitrogens with one attached hydrogen (secondary N) is 1. The highest BCUT2D eigenvalue weighted by atomic mass is 16.5. The lowest BCUT2D eigenvalue weighted by molar-refractivity contribution is 0.0794. The zero-order valence-electron chi connectivity index (χ0n) is 11.7. The first-order chi connectivity index (χ1) is 9.36. The summed E-state index contributed by atoms with van der Waals surface area (Å²) in [7, 11) is 1.68. The molecular weight excluding hydrogens is 246 g/mol.